The number of aliphatic hydroxyl groups is 1. The predicted octanol–water partition coefficient (Wildman–Crippen LogP) is 1.59. The van der Waals surface area contributed by atoms with Gasteiger partial charge in [0, 0.05) is 18.0 Å². The molecule has 1 saturated heterocycles. The van der Waals surface area contributed by atoms with Crippen molar-refractivity contribution in [3.63, 3.8) is 0 Å². The Hall–Kier alpha value is -1.86. The van der Waals surface area contributed by atoms with E-state index in [9.17, 15) is 13.5 Å². The molecule has 2 aromatic rings. The maximum absolute atomic E-state index is 11.5. The average Bonchev–Trinajstić information content (AvgIpc) is 2.55. The van der Waals surface area contributed by atoms with E-state index in [2.05, 4.69) is 10.3 Å². The van der Waals surface area contributed by atoms with Gasteiger partial charge in [-0.2, -0.15) is 0 Å². The number of rotatable bonds is 4. The van der Waals surface area contributed by atoms with Crippen LogP contribution < -0.4 is 10.1 Å². The second kappa shape index (κ2) is 5.98. The van der Waals surface area contributed by atoms with Gasteiger partial charge in [0.25, 0.3) is 0 Å². The van der Waals surface area contributed by atoms with E-state index in [0.29, 0.717) is 5.82 Å². The van der Waals surface area contributed by atoms with Gasteiger partial charge < -0.3 is 15.2 Å². The van der Waals surface area contributed by atoms with Crippen LogP contribution in [0.2, 0.25) is 0 Å². The van der Waals surface area contributed by atoms with Crippen LogP contribution >= 0.6 is 0 Å². The van der Waals surface area contributed by atoms with Gasteiger partial charge in [-0.25, -0.2) is 13.4 Å². The van der Waals surface area contributed by atoms with E-state index in [1.54, 1.807) is 7.11 Å². The molecule has 0 atom stereocenters. The Morgan fingerprint density at radius 2 is 1.96 bits per heavy atom. The maximum Gasteiger partial charge on any atom is 0.150 e. The van der Waals surface area contributed by atoms with E-state index >= 15 is 0 Å². The Bertz CT molecular complexity index is 806. The SMILES string of the molecule is COc1ccc2ccc(NCC3(O)CCS(=O)(=O)CC3)nc2c1. The molecule has 2 heterocycles. The number of anilines is 1. The fraction of sp³-hybridized carbons (Fsp3) is 0.438. The first-order valence-electron chi connectivity index (χ1n) is 7.51. The molecule has 6 nitrogen and oxygen atoms in total. The zero-order chi connectivity index (χ0) is 16.5. The van der Waals surface area contributed by atoms with Gasteiger partial charge in [0.2, 0.25) is 0 Å². The van der Waals surface area contributed by atoms with Crippen molar-refractivity contribution >= 4 is 26.6 Å². The molecule has 23 heavy (non-hydrogen) atoms. The van der Waals surface area contributed by atoms with Crippen LogP contribution in [0.15, 0.2) is 30.3 Å². The summed E-state index contributed by atoms with van der Waals surface area (Å²) >= 11 is 0. The van der Waals surface area contributed by atoms with Crippen LogP contribution in [-0.4, -0.2) is 49.3 Å². The number of hydrogen-bond acceptors (Lipinski definition) is 6. The average molecular weight is 336 g/mol. The molecule has 1 aliphatic heterocycles. The largest absolute Gasteiger partial charge is 0.497 e. The third-order valence-corrected chi connectivity index (χ3v) is 5.91. The van der Waals surface area contributed by atoms with Crippen molar-refractivity contribution in [2.45, 2.75) is 18.4 Å². The number of pyridine rings is 1. The van der Waals surface area contributed by atoms with Gasteiger partial charge in [-0.1, -0.05) is 0 Å². The van der Waals surface area contributed by atoms with E-state index in [1.807, 2.05) is 30.3 Å². The first-order chi connectivity index (χ1) is 10.9. The minimum atomic E-state index is -2.99. The summed E-state index contributed by atoms with van der Waals surface area (Å²) in [6.45, 7) is 0.283. The number of fused-ring (bicyclic) bond motifs is 1. The summed E-state index contributed by atoms with van der Waals surface area (Å²) in [7, 11) is -1.38. The van der Waals surface area contributed by atoms with E-state index in [1.165, 1.54) is 0 Å². The first-order valence-corrected chi connectivity index (χ1v) is 9.33. The molecule has 124 valence electrons. The van der Waals surface area contributed by atoms with Gasteiger partial charge in [0.15, 0.2) is 9.84 Å². The maximum atomic E-state index is 11.5. The summed E-state index contributed by atoms with van der Waals surface area (Å²) in [5, 5.41) is 14.6. The highest BCUT2D eigenvalue weighted by molar-refractivity contribution is 7.91. The minimum absolute atomic E-state index is 0.0352. The molecule has 0 amide bonds. The second-order valence-electron chi connectivity index (χ2n) is 5.98. The fourth-order valence-electron chi connectivity index (χ4n) is 2.67. The third-order valence-electron chi connectivity index (χ3n) is 4.25. The predicted molar refractivity (Wildman–Crippen MR) is 89.6 cm³/mol. The van der Waals surface area contributed by atoms with E-state index in [-0.39, 0.29) is 30.9 Å². The summed E-state index contributed by atoms with van der Waals surface area (Å²) in [5.41, 5.74) is -0.205. The second-order valence-corrected chi connectivity index (χ2v) is 8.29. The van der Waals surface area contributed by atoms with Crippen LogP contribution in [0.1, 0.15) is 12.8 Å². The smallest absolute Gasteiger partial charge is 0.150 e. The topological polar surface area (TPSA) is 88.5 Å². The van der Waals surface area contributed by atoms with E-state index in [4.69, 9.17) is 4.74 Å². The Morgan fingerprint density at radius 1 is 1.26 bits per heavy atom. The molecule has 1 aliphatic rings. The van der Waals surface area contributed by atoms with E-state index < -0.39 is 15.4 Å². The number of nitrogens with one attached hydrogen (secondary N) is 1. The molecule has 0 unspecified atom stereocenters. The molecular formula is C16H20N2O4S. The van der Waals surface area contributed by atoms with E-state index in [0.717, 1.165) is 16.7 Å². The standard InChI is InChI=1S/C16H20N2O4S/c1-22-13-4-2-12-3-5-15(18-14(12)10-13)17-11-16(19)6-8-23(20,21)9-7-16/h2-5,10,19H,6-9,11H2,1H3,(H,17,18). The highest BCUT2D eigenvalue weighted by Gasteiger charge is 2.35. The van der Waals surface area contributed by atoms with Crippen molar-refractivity contribution in [3.05, 3.63) is 30.3 Å². The van der Waals surface area contributed by atoms with Gasteiger partial charge in [0.1, 0.15) is 11.6 Å². The van der Waals surface area contributed by atoms with Crippen molar-refractivity contribution in [2.75, 3.05) is 30.5 Å². The highest BCUT2D eigenvalue weighted by Crippen LogP contribution is 2.25. The molecular weight excluding hydrogens is 316 g/mol. The van der Waals surface area contributed by atoms with Crippen LogP contribution in [0, 0.1) is 0 Å². The molecule has 0 bridgehead atoms. The Labute approximate surface area is 135 Å². The number of aromatic nitrogens is 1. The molecule has 1 aromatic heterocycles. The molecule has 0 radical (unpaired) electrons. The van der Waals surface area contributed by atoms with Crippen LogP contribution in [0.4, 0.5) is 5.82 Å². The lowest BCUT2D eigenvalue weighted by Gasteiger charge is -2.32. The Kier molecular flexibility index (Phi) is 4.16. The van der Waals surface area contributed by atoms with Crippen molar-refractivity contribution in [1.82, 2.24) is 4.98 Å². The molecule has 0 saturated carbocycles. The molecule has 3 rings (SSSR count). The Morgan fingerprint density at radius 3 is 2.65 bits per heavy atom. The quantitative estimate of drug-likeness (QED) is 0.881. The van der Waals surface area contributed by atoms with Crippen LogP contribution in [0.25, 0.3) is 10.9 Å². The molecule has 0 aliphatic carbocycles. The van der Waals surface area contributed by atoms with Crippen LogP contribution in [-0.2, 0) is 9.84 Å². The number of ether oxygens (including phenoxy) is 1. The van der Waals surface area contributed by atoms with Crippen molar-refractivity contribution in [1.29, 1.82) is 0 Å². The fourth-order valence-corrected chi connectivity index (χ4v) is 4.26. The summed E-state index contributed by atoms with van der Waals surface area (Å²) in [4.78, 5) is 4.51. The van der Waals surface area contributed by atoms with Gasteiger partial charge in [-0.05, 0) is 37.1 Å². The van der Waals surface area contributed by atoms with Gasteiger partial charge >= 0.3 is 0 Å². The monoisotopic (exact) mass is 336 g/mol. The molecule has 2 N–H and O–H groups in total. The van der Waals surface area contributed by atoms with Gasteiger partial charge in [-0.3, -0.25) is 0 Å². The van der Waals surface area contributed by atoms with Crippen molar-refractivity contribution in [3.8, 4) is 5.75 Å². The summed E-state index contributed by atoms with van der Waals surface area (Å²) in [5.74, 6) is 1.45. The van der Waals surface area contributed by atoms with Gasteiger partial charge in [0.05, 0.1) is 29.7 Å². The van der Waals surface area contributed by atoms with Crippen molar-refractivity contribution in [2.24, 2.45) is 0 Å². The van der Waals surface area contributed by atoms with Crippen LogP contribution in [0.3, 0.4) is 0 Å². The summed E-state index contributed by atoms with van der Waals surface area (Å²) in [6, 6.07) is 9.45. The third kappa shape index (κ3) is 3.73. The molecule has 1 aromatic carbocycles. The zero-order valence-electron chi connectivity index (χ0n) is 12.9. The Balaban J connectivity index is 1.72. The number of benzene rings is 1. The van der Waals surface area contributed by atoms with Crippen molar-refractivity contribution < 1.29 is 18.3 Å². The number of sulfone groups is 1. The minimum Gasteiger partial charge on any atom is -0.497 e. The van der Waals surface area contributed by atoms with Crippen LogP contribution in [0.5, 0.6) is 5.75 Å². The molecule has 0 spiro atoms. The zero-order valence-corrected chi connectivity index (χ0v) is 13.8. The lowest BCUT2D eigenvalue weighted by atomic mass is 9.97. The summed E-state index contributed by atoms with van der Waals surface area (Å²) in [6.07, 6.45) is 0.507. The first kappa shape index (κ1) is 16.0. The summed E-state index contributed by atoms with van der Waals surface area (Å²) < 4.78 is 28.1. The van der Waals surface area contributed by atoms with Gasteiger partial charge in [-0.15, -0.1) is 0 Å². The lowest BCUT2D eigenvalue weighted by Crippen LogP contribution is -2.44. The lowest BCUT2D eigenvalue weighted by molar-refractivity contribution is 0.0435. The number of methoxy groups -OCH3 is 1. The number of nitrogens with zero attached hydrogens (tertiary/aromatic N) is 1. The normalized spacial score (nSPS) is 19.4. The molecule has 7 heteroatoms. The molecule has 1 fully saturated rings. The highest BCUT2D eigenvalue weighted by atomic mass is 32.2. The number of hydrogen-bond donors (Lipinski definition) is 2.